The molecular weight excluding hydrogens is 250 g/mol. The van der Waals surface area contributed by atoms with Gasteiger partial charge in [0, 0.05) is 6.42 Å². The molecule has 0 N–H and O–H groups in total. The summed E-state index contributed by atoms with van der Waals surface area (Å²) in [5.74, 6) is 0.590. The van der Waals surface area contributed by atoms with Crippen molar-refractivity contribution in [2.75, 3.05) is 6.61 Å². The Kier molecular flexibility index (Phi) is 3.88. The van der Waals surface area contributed by atoms with Crippen LogP contribution in [0.25, 0.3) is 0 Å². The van der Waals surface area contributed by atoms with Crippen LogP contribution in [0.2, 0.25) is 0 Å². The van der Waals surface area contributed by atoms with Gasteiger partial charge in [0.25, 0.3) is 0 Å². The highest BCUT2D eigenvalue weighted by molar-refractivity contribution is 5.88. The molecule has 0 aliphatic carbocycles. The van der Waals surface area contributed by atoms with Crippen molar-refractivity contribution in [2.24, 2.45) is 0 Å². The van der Waals surface area contributed by atoms with E-state index in [2.05, 4.69) is 20.5 Å². The van der Waals surface area contributed by atoms with Gasteiger partial charge in [0.15, 0.2) is 11.5 Å². The molecule has 102 valence electrons. The molecule has 0 aromatic carbocycles. The quantitative estimate of drug-likeness (QED) is 0.736. The minimum Gasteiger partial charge on any atom is -0.461 e. The third-order valence-electron chi connectivity index (χ3n) is 2.56. The maximum atomic E-state index is 11.6. The van der Waals surface area contributed by atoms with E-state index in [1.807, 2.05) is 6.92 Å². The Morgan fingerprint density at radius 1 is 1.42 bits per heavy atom. The first kappa shape index (κ1) is 13.2. The summed E-state index contributed by atoms with van der Waals surface area (Å²) in [5, 5.41) is 11.5. The first-order valence-corrected chi connectivity index (χ1v) is 6.04. The van der Waals surface area contributed by atoms with Crippen molar-refractivity contribution in [3.05, 3.63) is 23.1 Å². The Bertz CT molecular complexity index is 575. The molecule has 0 fully saturated rings. The minimum absolute atomic E-state index is 0.209. The first-order valence-electron chi connectivity index (χ1n) is 6.04. The Morgan fingerprint density at radius 3 is 2.84 bits per heavy atom. The van der Waals surface area contributed by atoms with Crippen LogP contribution in [0.4, 0.5) is 0 Å². The molecule has 8 nitrogen and oxygen atoms in total. The third kappa shape index (κ3) is 2.78. The Balaban J connectivity index is 2.15. The van der Waals surface area contributed by atoms with Crippen LogP contribution in [0.1, 0.15) is 41.7 Å². The summed E-state index contributed by atoms with van der Waals surface area (Å²) in [7, 11) is 0. The smallest absolute Gasteiger partial charge is 0.360 e. The van der Waals surface area contributed by atoms with Crippen LogP contribution in [0.3, 0.4) is 0 Å². The largest absolute Gasteiger partial charge is 0.461 e. The Labute approximate surface area is 109 Å². The Hall–Kier alpha value is -2.25. The van der Waals surface area contributed by atoms with Gasteiger partial charge in [0.2, 0.25) is 5.89 Å². The fraction of sp³-hybridized carbons (Fsp3) is 0.545. The summed E-state index contributed by atoms with van der Waals surface area (Å²) in [5.41, 5.74) is 0.822. The van der Waals surface area contributed by atoms with Crippen molar-refractivity contribution >= 4 is 5.97 Å². The third-order valence-corrected chi connectivity index (χ3v) is 2.56. The lowest BCUT2D eigenvalue weighted by Gasteiger charge is -2.00. The minimum atomic E-state index is -0.478. The number of nitrogens with zero attached hydrogens (tertiary/aromatic N) is 5. The molecule has 0 aliphatic rings. The van der Waals surface area contributed by atoms with E-state index < -0.39 is 5.97 Å². The van der Waals surface area contributed by atoms with E-state index in [4.69, 9.17) is 9.26 Å². The molecule has 0 aliphatic heterocycles. The molecule has 8 heteroatoms. The fourth-order valence-corrected chi connectivity index (χ4v) is 1.53. The van der Waals surface area contributed by atoms with Crippen molar-refractivity contribution in [3.63, 3.8) is 0 Å². The van der Waals surface area contributed by atoms with Crippen molar-refractivity contribution in [1.82, 2.24) is 25.1 Å². The van der Waals surface area contributed by atoms with E-state index in [9.17, 15) is 4.79 Å². The number of carbonyl (C=O) groups excluding carboxylic acids is 1. The van der Waals surface area contributed by atoms with Crippen LogP contribution >= 0.6 is 0 Å². The zero-order valence-electron chi connectivity index (χ0n) is 11.1. The number of carbonyl (C=O) groups is 1. The van der Waals surface area contributed by atoms with Gasteiger partial charge in [-0.05, 0) is 13.8 Å². The highest BCUT2D eigenvalue weighted by Crippen LogP contribution is 2.08. The molecule has 2 rings (SSSR count). The second kappa shape index (κ2) is 5.59. The number of ether oxygens (including phenoxy) is 1. The van der Waals surface area contributed by atoms with E-state index in [-0.39, 0.29) is 5.69 Å². The van der Waals surface area contributed by atoms with Crippen LogP contribution < -0.4 is 0 Å². The van der Waals surface area contributed by atoms with Crippen molar-refractivity contribution in [1.29, 1.82) is 0 Å². The van der Waals surface area contributed by atoms with Gasteiger partial charge in [-0.2, -0.15) is 4.98 Å². The van der Waals surface area contributed by atoms with Gasteiger partial charge in [0.1, 0.15) is 6.54 Å². The lowest BCUT2D eigenvalue weighted by Crippen LogP contribution is -2.09. The number of hydrogen-bond donors (Lipinski definition) is 0. The van der Waals surface area contributed by atoms with Crippen molar-refractivity contribution < 1.29 is 14.1 Å². The second-order valence-electron chi connectivity index (χ2n) is 3.86. The standard InChI is InChI=1S/C11H15N5O3/c1-4-9-12-8(14-19-9)6-16-7(3)10(13-15-16)11(17)18-5-2/h4-6H2,1-3H3. The molecule has 2 aromatic rings. The molecule has 0 spiro atoms. The summed E-state index contributed by atoms with van der Waals surface area (Å²) in [4.78, 5) is 15.8. The zero-order chi connectivity index (χ0) is 13.8. The molecular formula is C11H15N5O3. The molecule has 2 aromatic heterocycles. The van der Waals surface area contributed by atoms with E-state index >= 15 is 0 Å². The van der Waals surface area contributed by atoms with E-state index in [1.165, 1.54) is 4.68 Å². The number of esters is 1. The van der Waals surface area contributed by atoms with E-state index in [0.717, 1.165) is 0 Å². The van der Waals surface area contributed by atoms with Crippen molar-refractivity contribution in [2.45, 2.75) is 33.7 Å². The van der Waals surface area contributed by atoms with Gasteiger partial charge in [-0.3, -0.25) is 0 Å². The summed E-state index contributed by atoms with van der Waals surface area (Å²) >= 11 is 0. The number of hydrogen-bond acceptors (Lipinski definition) is 7. The molecule has 0 radical (unpaired) electrons. The van der Waals surface area contributed by atoms with Crippen LogP contribution in [-0.4, -0.2) is 37.7 Å². The van der Waals surface area contributed by atoms with E-state index in [0.29, 0.717) is 37.0 Å². The summed E-state index contributed by atoms with van der Waals surface area (Å²) in [6, 6.07) is 0. The van der Waals surface area contributed by atoms with Crippen LogP contribution in [0, 0.1) is 6.92 Å². The molecule has 19 heavy (non-hydrogen) atoms. The lowest BCUT2D eigenvalue weighted by molar-refractivity contribution is 0.0518. The highest BCUT2D eigenvalue weighted by atomic mass is 16.5. The maximum Gasteiger partial charge on any atom is 0.360 e. The first-order chi connectivity index (χ1) is 9.15. The molecule has 0 saturated carbocycles. The number of aryl methyl sites for hydroxylation is 1. The maximum absolute atomic E-state index is 11.6. The molecule has 0 atom stereocenters. The van der Waals surface area contributed by atoms with Gasteiger partial charge in [-0.15, -0.1) is 5.10 Å². The average molecular weight is 265 g/mol. The predicted octanol–water partition coefficient (Wildman–Crippen LogP) is 0.757. The summed E-state index contributed by atoms with van der Waals surface area (Å²) in [6.07, 6.45) is 0.678. The van der Waals surface area contributed by atoms with Gasteiger partial charge >= 0.3 is 5.97 Å². The zero-order valence-corrected chi connectivity index (χ0v) is 11.1. The molecule has 0 unspecified atom stereocenters. The van der Waals surface area contributed by atoms with Crippen LogP contribution in [0.5, 0.6) is 0 Å². The molecule has 0 amide bonds. The van der Waals surface area contributed by atoms with Crippen molar-refractivity contribution in [3.8, 4) is 0 Å². The van der Waals surface area contributed by atoms with Gasteiger partial charge < -0.3 is 9.26 Å². The molecule has 0 bridgehead atoms. The van der Waals surface area contributed by atoms with Crippen LogP contribution in [-0.2, 0) is 17.7 Å². The fourth-order valence-electron chi connectivity index (χ4n) is 1.53. The normalized spacial score (nSPS) is 10.7. The average Bonchev–Trinajstić information content (AvgIpc) is 2.98. The predicted molar refractivity (Wildman–Crippen MR) is 63.5 cm³/mol. The van der Waals surface area contributed by atoms with Gasteiger partial charge in [0.05, 0.1) is 12.3 Å². The van der Waals surface area contributed by atoms with Crippen LogP contribution in [0.15, 0.2) is 4.52 Å². The SMILES string of the molecule is CCOC(=O)c1nnn(Cc2noc(CC)n2)c1C. The van der Waals surface area contributed by atoms with E-state index in [1.54, 1.807) is 13.8 Å². The Morgan fingerprint density at radius 2 is 2.21 bits per heavy atom. The highest BCUT2D eigenvalue weighted by Gasteiger charge is 2.18. The summed E-state index contributed by atoms with van der Waals surface area (Å²) in [6.45, 7) is 6.02. The monoisotopic (exact) mass is 265 g/mol. The van der Waals surface area contributed by atoms with Gasteiger partial charge in [-0.25, -0.2) is 9.48 Å². The second-order valence-corrected chi connectivity index (χ2v) is 3.86. The molecule has 0 saturated heterocycles. The molecule has 2 heterocycles. The topological polar surface area (TPSA) is 95.9 Å². The summed E-state index contributed by atoms with van der Waals surface area (Å²) < 4.78 is 11.4. The number of rotatable bonds is 5. The number of aromatic nitrogens is 5. The van der Waals surface area contributed by atoms with Gasteiger partial charge in [-0.1, -0.05) is 17.3 Å². The lowest BCUT2D eigenvalue weighted by atomic mass is 10.3.